The second-order valence-corrected chi connectivity index (χ2v) is 12.1. The topological polar surface area (TPSA) is 94.5 Å². The molecule has 10 heteroatoms. The van der Waals surface area contributed by atoms with Crippen molar-refractivity contribution in [2.75, 3.05) is 46.4 Å². The number of aliphatic hydroxyl groups is 1. The van der Waals surface area contributed by atoms with E-state index in [-0.39, 0.29) is 24.6 Å². The lowest BCUT2D eigenvalue weighted by Gasteiger charge is -2.39. The van der Waals surface area contributed by atoms with Crippen molar-refractivity contribution in [3.05, 3.63) is 71.0 Å². The van der Waals surface area contributed by atoms with E-state index in [1.165, 1.54) is 6.07 Å². The fraction of sp³-hybridized carbons (Fsp3) is 0.519. The number of amidine groups is 1. The lowest BCUT2D eigenvalue weighted by atomic mass is 9.96. The predicted octanol–water partition coefficient (Wildman–Crippen LogP) is 2.86. The van der Waals surface area contributed by atoms with Crippen LogP contribution in [0.1, 0.15) is 48.3 Å². The van der Waals surface area contributed by atoms with E-state index in [4.69, 9.17) is 4.74 Å². The zero-order valence-electron chi connectivity index (χ0n) is 21.7. The first-order chi connectivity index (χ1) is 17.6. The minimum atomic E-state index is -3.91. The van der Waals surface area contributed by atoms with Crippen LogP contribution in [0.5, 0.6) is 0 Å². The summed E-state index contributed by atoms with van der Waals surface area (Å²) in [6.45, 7) is 8.42. The number of hydrogen-bond donors (Lipinski definition) is 2. The number of ether oxygens (including phenoxy) is 1. The molecule has 0 spiro atoms. The van der Waals surface area contributed by atoms with Gasteiger partial charge in [0.15, 0.2) is 0 Å². The van der Waals surface area contributed by atoms with Crippen LogP contribution in [0.15, 0.2) is 53.5 Å². The van der Waals surface area contributed by atoms with Gasteiger partial charge in [-0.25, -0.2) is 22.5 Å². The van der Waals surface area contributed by atoms with E-state index in [1.807, 2.05) is 24.3 Å². The highest BCUT2D eigenvalue weighted by Crippen LogP contribution is 2.39. The second-order valence-electron chi connectivity index (χ2n) is 10.4. The van der Waals surface area contributed by atoms with E-state index >= 15 is 0 Å². The summed E-state index contributed by atoms with van der Waals surface area (Å²) < 4.78 is 49.6. The molecule has 37 heavy (non-hydrogen) atoms. The summed E-state index contributed by atoms with van der Waals surface area (Å²) >= 11 is 0. The van der Waals surface area contributed by atoms with E-state index in [1.54, 1.807) is 32.0 Å². The molecule has 0 aromatic heterocycles. The maximum absolute atomic E-state index is 14.4. The summed E-state index contributed by atoms with van der Waals surface area (Å²) in [7, 11) is -1.77. The third-order valence-corrected chi connectivity index (χ3v) is 8.99. The van der Waals surface area contributed by atoms with E-state index in [9.17, 15) is 17.9 Å². The van der Waals surface area contributed by atoms with Crippen molar-refractivity contribution < 1.29 is 22.7 Å². The molecule has 1 unspecified atom stereocenters. The number of piperazine rings is 1. The average Bonchev–Trinajstić information content (AvgIpc) is 2.83. The number of nitrogens with one attached hydrogen (secondary N) is 1. The van der Waals surface area contributed by atoms with Gasteiger partial charge in [0.05, 0.1) is 6.04 Å². The summed E-state index contributed by atoms with van der Waals surface area (Å²) in [5, 5.41) is 8.52. The van der Waals surface area contributed by atoms with Crippen LogP contribution in [-0.4, -0.2) is 81.3 Å². The molecular formula is C27H37FN4O4S. The molecule has 2 N–H and O–H groups in total. The first kappa shape index (κ1) is 27.5. The first-order valence-electron chi connectivity index (χ1n) is 12.7. The fourth-order valence-corrected chi connectivity index (χ4v) is 6.79. The highest BCUT2D eigenvalue weighted by molar-refractivity contribution is 7.90. The Hall–Kier alpha value is -2.53. The molecule has 0 saturated carbocycles. The van der Waals surface area contributed by atoms with Gasteiger partial charge < -0.3 is 19.6 Å². The van der Waals surface area contributed by atoms with Crippen molar-refractivity contribution in [3.8, 4) is 0 Å². The molecule has 2 fully saturated rings. The van der Waals surface area contributed by atoms with Gasteiger partial charge in [-0.1, -0.05) is 42.5 Å². The number of nitrogens with zero attached hydrogens (tertiary/aromatic N) is 3. The summed E-state index contributed by atoms with van der Waals surface area (Å²) in [5.41, 5.74) is 0.907. The Morgan fingerprint density at radius 3 is 2.43 bits per heavy atom. The Bertz CT molecular complexity index is 1200. The third kappa shape index (κ3) is 6.67. The first-order valence-corrected chi connectivity index (χ1v) is 14.3. The van der Waals surface area contributed by atoms with Crippen LogP contribution in [0.2, 0.25) is 0 Å². The molecule has 2 atom stereocenters. The van der Waals surface area contributed by atoms with Crippen molar-refractivity contribution in [2.24, 2.45) is 4.99 Å². The maximum Gasteiger partial charge on any atom is 0.299 e. The third-order valence-electron chi connectivity index (χ3n) is 7.07. The van der Waals surface area contributed by atoms with E-state index in [0.29, 0.717) is 5.56 Å². The van der Waals surface area contributed by atoms with Crippen LogP contribution in [-0.2, 0) is 21.2 Å². The Kier molecular flexibility index (Phi) is 8.52. The molecule has 0 aliphatic carbocycles. The predicted molar refractivity (Wildman–Crippen MR) is 142 cm³/mol. The van der Waals surface area contributed by atoms with E-state index < -0.39 is 32.7 Å². The van der Waals surface area contributed by atoms with Gasteiger partial charge >= 0.3 is 0 Å². The average molecular weight is 533 g/mol. The van der Waals surface area contributed by atoms with Crippen LogP contribution >= 0.6 is 0 Å². The molecular weight excluding hydrogens is 495 g/mol. The lowest BCUT2D eigenvalue weighted by molar-refractivity contribution is 0.0758. The number of sulfonamides is 1. The van der Waals surface area contributed by atoms with Crippen molar-refractivity contribution in [1.82, 2.24) is 14.5 Å². The van der Waals surface area contributed by atoms with Crippen molar-refractivity contribution in [1.29, 1.82) is 0 Å². The normalized spacial score (nSPS) is 23.8. The SMILES string of the molecule is CN1CCN(CCc2ccc(C3C(C)(C)OC(=N[C@@H](CCO)c4ccccc4F)NS3(=O)=O)cc2)CC1. The number of benzene rings is 2. The molecule has 2 aliphatic heterocycles. The Balaban J connectivity index is 1.49. The van der Waals surface area contributed by atoms with Crippen molar-refractivity contribution in [3.63, 3.8) is 0 Å². The van der Waals surface area contributed by atoms with Crippen molar-refractivity contribution >= 4 is 16.0 Å². The minimum absolute atomic E-state index is 0.120. The highest BCUT2D eigenvalue weighted by atomic mass is 32.2. The van der Waals surface area contributed by atoms with Crippen LogP contribution in [0.25, 0.3) is 0 Å². The van der Waals surface area contributed by atoms with Crippen LogP contribution in [0.4, 0.5) is 4.39 Å². The molecule has 0 amide bonds. The number of rotatable bonds is 8. The molecule has 2 heterocycles. The zero-order valence-corrected chi connectivity index (χ0v) is 22.5. The van der Waals surface area contributed by atoms with E-state index in [2.05, 4.69) is 26.6 Å². The molecule has 2 saturated heterocycles. The zero-order chi connectivity index (χ0) is 26.6. The molecule has 2 aliphatic rings. The molecule has 0 bridgehead atoms. The Labute approximate surface area is 219 Å². The number of halogens is 1. The monoisotopic (exact) mass is 532 g/mol. The molecule has 8 nitrogen and oxygen atoms in total. The number of aliphatic imine (C=N–C) groups is 1. The van der Waals surface area contributed by atoms with Crippen LogP contribution in [0.3, 0.4) is 0 Å². The summed E-state index contributed by atoms with van der Waals surface area (Å²) in [4.78, 5) is 9.14. The molecule has 0 radical (unpaired) electrons. The molecule has 202 valence electrons. The van der Waals surface area contributed by atoms with Gasteiger partial charge in [0.2, 0.25) is 10.0 Å². The van der Waals surface area contributed by atoms with E-state index in [0.717, 1.165) is 44.7 Å². The fourth-order valence-electron chi connectivity index (χ4n) is 5.03. The lowest BCUT2D eigenvalue weighted by Crippen LogP contribution is -2.53. The van der Waals surface area contributed by atoms with Gasteiger partial charge in [-0.15, -0.1) is 0 Å². The van der Waals surface area contributed by atoms with Crippen molar-refractivity contribution in [2.45, 2.75) is 43.6 Å². The van der Waals surface area contributed by atoms with Crippen LogP contribution in [0, 0.1) is 5.82 Å². The molecule has 2 aromatic rings. The van der Waals surface area contributed by atoms with Gasteiger partial charge in [0.1, 0.15) is 16.7 Å². The Morgan fingerprint density at radius 1 is 1.14 bits per heavy atom. The number of aliphatic hydroxyl groups excluding tert-OH is 1. The summed E-state index contributed by atoms with van der Waals surface area (Å²) in [5.74, 6) is -0.478. The van der Waals surface area contributed by atoms with Gasteiger partial charge in [-0.3, -0.25) is 0 Å². The number of likely N-dealkylation sites (N-methyl/N-ethyl adjacent to an activating group) is 1. The minimum Gasteiger partial charge on any atom is -0.457 e. The van der Waals surface area contributed by atoms with Gasteiger partial charge in [0, 0.05) is 44.9 Å². The summed E-state index contributed by atoms with van der Waals surface area (Å²) in [6.07, 6.45) is 1.02. The van der Waals surface area contributed by atoms with Gasteiger partial charge in [-0.2, -0.15) is 0 Å². The van der Waals surface area contributed by atoms with Crippen LogP contribution < -0.4 is 4.72 Å². The smallest absolute Gasteiger partial charge is 0.299 e. The number of hydrogen-bond acceptors (Lipinski definition) is 7. The second kappa shape index (κ2) is 11.5. The highest BCUT2D eigenvalue weighted by Gasteiger charge is 2.48. The summed E-state index contributed by atoms with van der Waals surface area (Å²) in [6, 6.07) is 12.8. The maximum atomic E-state index is 14.4. The quantitative estimate of drug-likeness (QED) is 0.543. The standard InChI is InChI=1S/C27H37FN4O4S/c1-27(2)25(21-10-8-20(9-11-21)12-14-32-17-15-31(3)16-18-32)37(34,35)30-26(36-27)29-24(13-19-33)22-6-4-5-7-23(22)28/h4-11,24-25,33H,12-19H2,1-3H3,(H,29,30)/t24-,25?/m0/s1. The van der Waals surface area contributed by atoms with Gasteiger partial charge in [0.25, 0.3) is 6.02 Å². The van der Waals surface area contributed by atoms with Gasteiger partial charge in [-0.05, 0) is 50.9 Å². The molecule has 2 aromatic carbocycles. The largest absolute Gasteiger partial charge is 0.457 e. The Morgan fingerprint density at radius 2 is 1.81 bits per heavy atom. The molecule has 4 rings (SSSR count).